The Bertz CT molecular complexity index is 1050. The lowest BCUT2D eigenvalue weighted by Crippen LogP contribution is -2.37. The van der Waals surface area contributed by atoms with Crippen molar-refractivity contribution in [2.75, 3.05) is 6.61 Å². The minimum Gasteiger partial charge on any atom is -0.385 e. The third-order valence-electron chi connectivity index (χ3n) is 3.30. The van der Waals surface area contributed by atoms with Gasteiger partial charge in [-0.1, -0.05) is 0 Å². The number of aliphatic hydroxyl groups is 1. The molecule has 1 saturated heterocycles. The maximum Gasteiger partial charge on any atom is 0.490 e. The summed E-state index contributed by atoms with van der Waals surface area (Å²) in [5, 5.41) is 9.93. The fraction of sp³-hybridized carbons (Fsp3) is 0.556. The first kappa shape index (κ1) is 25.7. The van der Waals surface area contributed by atoms with Gasteiger partial charge >= 0.3 is 29.2 Å². The molecule has 1 fully saturated rings. The number of aromatic amines is 1. The summed E-state index contributed by atoms with van der Waals surface area (Å²) < 4.78 is 64.4. The maximum absolute atomic E-state index is 14.3. The van der Waals surface area contributed by atoms with E-state index in [1.165, 1.54) is 0 Å². The molecule has 2 rings (SSSR count). The number of aromatic nitrogens is 2. The molecule has 6 atom stereocenters. The number of phosphoric acid groups is 3. The predicted molar refractivity (Wildman–Crippen MR) is 93.7 cm³/mol. The van der Waals surface area contributed by atoms with Gasteiger partial charge in [-0.3, -0.25) is 18.9 Å². The molecule has 6 N–H and O–H groups in total. The fourth-order valence-corrected chi connectivity index (χ4v) is 5.54. The number of halogens is 2. The zero-order valence-corrected chi connectivity index (χ0v) is 18.3. The van der Waals surface area contributed by atoms with E-state index in [-0.39, 0.29) is 4.47 Å². The molecule has 1 aliphatic heterocycles. The smallest absolute Gasteiger partial charge is 0.385 e. The Kier molecular flexibility index (Phi) is 7.80. The summed E-state index contributed by atoms with van der Waals surface area (Å²) in [6, 6.07) is 0. The van der Waals surface area contributed by atoms with Gasteiger partial charge in [-0.05, 0) is 15.9 Å². The van der Waals surface area contributed by atoms with E-state index in [1.54, 1.807) is 0 Å². The van der Waals surface area contributed by atoms with Gasteiger partial charge in [0.05, 0.1) is 11.1 Å². The number of alkyl halides is 1. The minimum atomic E-state index is -5.77. The largest absolute Gasteiger partial charge is 0.490 e. The molecule has 0 bridgehead atoms. The fourth-order valence-electron chi connectivity index (χ4n) is 2.19. The molecule has 172 valence electrons. The summed E-state index contributed by atoms with van der Waals surface area (Å²) in [6.45, 7) is -1.18. The highest BCUT2D eigenvalue weighted by molar-refractivity contribution is 9.10. The number of nitrogens with one attached hydrogen (secondary N) is 1. The van der Waals surface area contributed by atoms with E-state index in [9.17, 15) is 37.7 Å². The van der Waals surface area contributed by atoms with Gasteiger partial charge in [0.25, 0.3) is 5.56 Å². The normalized spacial score (nSPS) is 28.8. The standard InChI is InChI=1S/C9H13BrFN2O14P3/c10-3-1-13(9(16)12-7(3)15)8-6(14)5(11)4(25-8)2-24-29(20,21)27-30(22,23)26-28(17,18)19/h1,4-6,8,14H,2H2,(H,20,21)(H,22,23)(H,12,15,16)(H2,17,18,19)/t4-,5?,6?,8-/m0/s1. The van der Waals surface area contributed by atoms with Crippen LogP contribution in [0.4, 0.5) is 4.39 Å². The molecule has 4 unspecified atom stereocenters. The van der Waals surface area contributed by atoms with Crippen LogP contribution in [-0.2, 0) is 31.6 Å². The van der Waals surface area contributed by atoms with Crippen LogP contribution >= 0.6 is 39.4 Å². The van der Waals surface area contributed by atoms with Gasteiger partial charge in [0, 0.05) is 6.20 Å². The SMILES string of the molecule is O=c1[nH]c(=O)n([C@H]2O[C@@H](COP(=O)(O)OP(=O)(O)OP(=O)(O)O)C(F)C2O)cc1Br. The second-order valence-electron chi connectivity index (χ2n) is 5.53. The van der Waals surface area contributed by atoms with E-state index in [0.29, 0.717) is 4.57 Å². The summed E-state index contributed by atoms with van der Waals surface area (Å²) in [6.07, 6.45) is -6.93. The first-order chi connectivity index (χ1) is 13.5. The maximum atomic E-state index is 14.3. The Hall–Kier alpha value is -0.580. The number of ether oxygens (including phenoxy) is 1. The van der Waals surface area contributed by atoms with E-state index < -0.39 is 65.9 Å². The first-order valence-electron chi connectivity index (χ1n) is 7.28. The molecule has 21 heteroatoms. The lowest BCUT2D eigenvalue weighted by Gasteiger charge is -2.19. The summed E-state index contributed by atoms with van der Waals surface area (Å²) in [7, 11) is -16.9. The van der Waals surface area contributed by atoms with E-state index in [1.807, 2.05) is 4.98 Å². The Balaban J connectivity index is 2.09. The summed E-state index contributed by atoms with van der Waals surface area (Å²) in [5.74, 6) is 0. The molecule has 0 amide bonds. The monoisotopic (exact) mass is 564 g/mol. The van der Waals surface area contributed by atoms with Gasteiger partial charge in [0.2, 0.25) is 0 Å². The zero-order valence-electron chi connectivity index (χ0n) is 14.0. The third-order valence-corrected chi connectivity index (χ3v) is 7.67. The van der Waals surface area contributed by atoms with Crippen LogP contribution in [0, 0.1) is 0 Å². The number of H-pyrrole nitrogens is 1. The van der Waals surface area contributed by atoms with Crippen LogP contribution in [-0.4, -0.2) is 59.2 Å². The van der Waals surface area contributed by atoms with E-state index in [0.717, 1.165) is 6.20 Å². The number of phosphoric ester groups is 1. The van der Waals surface area contributed by atoms with Gasteiger partial charge < -0.3 is 29.4 Å². The molecule has 0 radical (unpaired) electrons. The number of rotatable bonds is 8. The number of nitrogens with zero attached hydrogens (tertiary/aromatic N) is 1. The molecule has 16 nitrogen and oxygen atoms in total. The molecule has 0 saturated carbocycles. The highest BCUT2D eigenvalue weighted by Crippen LogP contribution is 2.66. The second-order valence-corrected chi connectivity index (χ2v) is 10.8. The topological polar surface area (TPSA) is 244 Å². The summed E-state index contributed by atoms with van der Waals surface area (Å²) in [5.41, 5.74) is -1.89. The van der Waals surface area contributed by atoms with Gasteiger partial charge in [-0.25, -0.2) is 22.9 Å². The molecule has 1 aromatic rings. The lowest BCUT2D eigenvalue weighted by atomic mass is 10.1. The van der Waals surface area contributed by atoms with Crippen LogP contribution < -0.4 is 11.2 Å². The van der Waals surface area contributed by atoms with Crippen molar-refractivity contribution in [2.45, 2.75) is 24.6 Å². The van der Waals surface area contributed by atoms with Crippen LogP contribution in [0.25, 0.3) is 0 Å². The molecule has 0 spiro atoms. The highest BCUT2D eigenvalue weighted by Gasteiger charge is 2.47. The van der Waals surface area contributed by atoms with Crippen molar-refractivity contribution in [1.29, 1.82) is 0 Å². The summed E-state index contributed by atoms with van der Waals surface area (Å²) >= 11 is 2.82. The number of aliphatic hydroxyl groups excluding tert-OH is 1. The van der Waals surface area contributed by atoms with Gasteiger partial charge in [-0.15, -0.1) is 0 Å². The summed E-state index contributed by atoms with van der Waals surface area (Å²) in [4.78, 5) is 60.3. The molecule has 1 aliphatic rings. The molecule has 0 aromatic carbocycles. The molecule has 1 aromatic heterocycles. The van der Waals surface area contributed by atoms with Crippen molar-refractivity contribution < 1.29 is 60.6 Å². The number of hydrogen-bond donors (Lipinski definition) is 6. The Morgan fingerprint density at radius 2 is 1.77 bits per heavy atom. The molecular formula is C9H13BrFN2O14P3. The van der Waals surface area contributed by atoms with Crippen molar-refractivity contribution in [3.05, 3.63) is 31.5 Å². The van der Waals surface area contributed by atoms with Crippen molar-refractivity contribution in [3.63, 3.8) is 0 Å². The second kappa shape index (κ2) is 9.11. The number of hydrogen-bond acceptors (Lipinski definition) is 10. The van der Waals surface area contributed by atoms with Crippen LogP contribution in [0.15, 0.2) is 20.3 Å². The van der Waals surface area contributed by atoms with Gasteiger partial charge in [0.1, 0.15) is 12.2 Å². The Morgan fingerprint density at radius 3 is 2.33 bits per heavy atom. The lowest BCUT2D eigenvalue weighted by molar-refractivity contribution is -0.0532. The van der Waals surface area contributed by atoms with Crippen molar-refractivity contribution >= 4 is 39.4 Å². The van der Waals surface area contributed by atoms with Crippen molar-refractivity contribution in [1.82, 2.24) is 9.55 Å². The van der Waals surface area contributed by atoms with Crippen LogP contribution in [0.5, 0.6) is 0 Å². The third kappa shape index (κ3) is 6.71. The zero-order chi connectivity index (χ0) is 23.1. The van der Waals surface area contributed by atoms with E-state index >= 15 is 0 Å². The highest BCUT2D eigenvalue weighted by atomic mass is 79.9. The molecule has 0 aliphatic carbocycles. The van der Waals surface area contributed by atoms with Crippen LogP contribution in [0.1, 0.15) is 6.23 Å². The first-order valence-corrected chi connectivity index (χ1v) is 12.6. The van der Waals surface area contributed by atoms with Crippen LogP contribution in [0.3, 0.4) is 0 Å². The van der Waals surface area contributed by atoms with Gasteiger partial charge in [-0.2, -0.15) is 8.62 Å². The van der Waals surface area contributed by atoms with E-state index in [4.69, 9.17) is 19.4 Å². The van der Waals surface area contributed by atoms with Crippen LogP contribution in [0.2, 0.25) is 0 Å². The van der Waals surface area contributed by atoms with Crippen molar-refractivity contribution in [3.8, 4) is 0 Å². The van der Waals surface area contributed by atoms with E-state index in [2.05, 4.69) is 29.1 Å². The average molecular weight is 565 g/mol. The molecule has 30 heavy (non-hydrogen) atoms. The van der Waals surface area contributed by atoms with Gasteiger partial charge in [0.15, 0.2) is 12.4 Å². The van der Waals surface area contributed by atoms with Crippen molar-refractivity contribution in [2.24, 2.45) is 0 Å². The molecular weight excluding hydrogens is 552 g/mol. The Morgan fingerprint density at radius 1 is 1.17 bits per heavy atom. The average Bonchev–Trinajstić information content (AvgIpc) is 2.81. The minimum absolute atomic E-state index is 0.162. The Labute approximate surface area is 172 Å². The predicted octanol–water partition coefficient (Wildman–Crippen LogP) is -0.761. The quantitative estimate of drug-likeness (QED) is 0.212. The molecule has 2 heterocycles.